The first-order valence-corrected chi connectivity index (χ1v) is 11.5. The average Bonchev–Trinajstić information content (AvgIpc) is 2.78. The van der Waals surface area contributed by atoms with E-state index in [1.165, 1.54) is 0 Å². The molecule has 3 rings (SSSR count). The van der Waals surface area contributed by atoms with Crippen molar-refractivity contribution < 1.29 is 13.2 Å². The molecule has 0 saturated carbocycles. The average molecular weight is 416 g/mol. The molecule has 2 amide bonds. The van der Waals surface area contributed by atoms with Crippen molar-refractivity contribution in [2.24, 2.45) is 0 Å². The summed E-state index contributed by atoms with van der Waals surface area (Å²) in [7, 11) is -1.66. The minimum Gasteiger partial charge on any atom is -0.334 e. The molecular formula is C22H29N3O3S. The van der Waals surface area contributed by atoms with E-state index in [0.717, 1.165) is 30.4 Å². The fourth-order valence-corrected chi connectivity index (χ4v) is 4.98. The van der Waals surface area contributed by atoms with E-state index in [0.29, 0.717) is 24.5 Å². The summed E-state index contributed by atoms with van der Waals surface area (Å²) >= 11 is 0. The van der Waals surface area contributed by atoms with Crippen LogP contribution in [0.1, 0.15) is 43.4 Å². The first-order chi connectivity index (χ1) is 13.9. The van der Waals surface area contributed by atoms with Gasteiger partial charge in [-0.2, -0.15) is 4.31 Å². The quantitative estimate of drug-likeness (QED) is 0.781. The van der Waals surface area contributed by atoms with Crippen molar-refractivity contribution in [2.75, 3.05) is 20.1 Å². The minimum atomic E-state index is -3.43. The number of amides is 2. The number of hydrogen-bond acceptors (Lipinski definition) is 3. The van der Waals surface area contributed by atoms with Crippen LogP contribution in [-0.2, 0) is 16.6 Å². The van der Waals surface area contributed by atoms with Gasteiger partial charge in [0.15, 0.2) is 0 Å². The highest BCUT2D eigenvalue weighted by Crippen LogP contribution is 2.21. The lowest BCUT2D eigenvalue weighted by Gasteiger charge is -2.26. The Balaban J connectivity index is 1.58. The van der Waals surface area contributed by atoms with Crippen molar-refractivity contribution in [3.63, 3.8) is 0 Å². The number of carbonyl (C=O) groups excluding carboxylic acids is 1. The predicted octanol–water partition coefficient (Wildman–Crippen LogP) is 3.76. The number of nitrogens with zero attached hydrogens (tertiary/aromatic N) is 2. The number of nitrogens with one attached hydrogen (secondary N) is 1. The van der Waals surface area contributed by atoms with Crippen LogP contribution in [0.4, 0.5) is 4.79 Å². The second kappa shape index (κ2) is 9.41. The smallest absolute Gasteiger partial charge is 0.317 e. The van der Waals surface area contributed by atoms with Gasteiger partial charge in [0.1, 0.15) is 0 Å². The molecule has 0 aliphatic carbocycles. The van der Waals surface area contributed by atoms with E-state index >= 15 is 0 Å². The summed E-state index contributed by atoms with van der Waals surface area (Å²) in [6.07, 6.45) is 2.92. The van der Waals surface area contributed by atoms with Gasteiger partial charge in [-0.25, -0.2) is 13.2 Å². The van der Waals surface area contributed by atoms with Gasteiger partial charge in [-0.15, -0.1) is 0 Å². The number of sulfonamides is 1. The molecule has 6 nitrogen and oxygen atoms in total. The van der Waals surface area contributed by atoms with Gasteiger partial charge in [0.25, 0.3) is 0 Å². The molecule has 0 bridgehead atoms. The summed E-state index contributed by atoms with van der Waals surface area (Å²) in [4.78, 5) is 14.4. The van der Waals surface area contributed by atoms with Crippen LogP contribution >= 0.6 is 0 Å². The molecule has 7 heteroatoms. The van der Waals surface area contributed by atoms with Crippen molar-refractivity contribution in [1.82, 2.24) is 14.5 Å². The summed E-state index contributed by atoms with van der Waals surface area (Å²) in [6, 6.07) is 16.4. The number of benzene rings is 2. The Hall–Kier alpha value is -2.38. The predicted molar refractivity (Wildman–Crippen MR) is 114 cm³/mol. The van der Waals surface area contributed by atoms with Gasteiger partial charge in [0.2, 0.25) is 10.0 Å². The van der Waals surface area contributed by atoms with Crippen LogP contribution in [0, 0.1) is 0 Å². The second-order valence-electron chi connectivity index (χ2n) is 7.46. The third kappa shape index (κ3) is 5.16. The molecule has 0 unspecified atom stereocenters. The van der Waals surface area contributed by atoms with Gasteiger partial charge in [0, 0.05) is 26.7 Å². The van der Waals surface area contributed by atoms with E-state index in [4.69, 9.17) is 0 Å². The molecule has 1 fully saturated rings. The molecule has 1 heterocycles. The molecule has 0 aromatic heterocycles. The zero-order valence-electron chi connectivity index (χ0n) is 17.0. The van der Waals surface area contributed by atoms with Crippen LogP contribution in [0.2, 0.25) is 0 Å². The standard InChI is InChI=1S/C22H29N3O3S/c1-18(20-9-5-3-6-10-20)24(2)22(26)23-17-19-11-13-21(14-12-19)29(27,28)25-15-7-4-8-16-25/h3,5-6,9-14,18H,4,7-8,15-17H2,1-2H3,(H,23,26)/t18-/m0/s1. The van der Waals surface area contributed by atoms with Crippen LogP contribution < -0.4 is 5.32 Å². The Morgan fingerprint density at radius 1 is 1.03 bits per heavy atom. The molecular weight excluding hydrogens is 386 g/mol. The highest BCUT2D eigenvalue weighted by atomic mass is 32.2. The fraction of sp³-hybridized carbons (Fsp3) is 0.409. The summed E-state index contributed by atoms with van der Waals surface area (Å²) in [5.41, 5.74) is 1.93. The molecule has 1 aliphatic heterocycles. The SMILES string of the molecule is C[C@@H](c1ccccc1)N(C)C(=O)NCc1ccc(S(=O)(=O)N2CCCCC2)cc1. The van der Waals surface area contributed by atoms with E-state index < -0.39 is 10.0 Å². The zero-order chi connectivity index (χ0) is 20.9. The highest BCUT2D eigenvalue weighted by molar-refractivity contribution is 7.89. The van der Waals surface area contributed by atoms with Gasteiger partial charge in [-0.05, 0) is 43.0 Å². The maximum Gasteiger partial charge on any atom is 0.317 e. The molecule has 2 aromatic carbocycles. The molecule has 1 saturated heterocycles. The van der Waals surface area contributed by atoms with Crippen LogP contribution in [0.25, 0.3) is 0 Å². The first-order valence-electron chi connectivity index (χ1n) is 10.0. The van der Waals surface area contributed by atoms with E-state index in [1.807, 2.05) is 37.3 Å². The van der Waals surface area contributed by atoms with E-state index in [1.54, 1.807) is 40.5 Å². The van der Waals surface area contributed by atoms with Crippen LogP contribution in [-0.4, -0.2) is 43.8 Å². The molecule has 29 heavy (non-hydrogen) atoms. The van der Waals surface area contributed by atoms with Gasteiger partial charge < -0.3 is 10.2 Å². The van der Waals surface area contributed by atoms with Crippen molar-refractivity contribution >= 4 is 16.1 Å². The van der Waals surface area contributed by atoms with E-state index in [2.05, 4.69) is 5.32 Å². The lowest BCUT2D eigenvalue weighted by atomic mass is 10.1. The number of hydrogen-bond donors (Lipinski definition) is 1. The Labute approximate surface area is 173 Å². The fourth-order valence-electron chi connectivity index (χ4n) is 3.47. The van der Waals surface area contributed by atoms with E-state index in [-0.39, 0.29) is 12.1 Å². The Bertz CT molecular complexity index is 908. The molecule has 156 valence electrons. The van der Waals surface area contributed by atoms with Crippen LogP contribution in [0.5, 0.6) is 0 Å². The number of piperidine rings is 1. The van der Waals surface area contributed by atoms with Crippen LogP contribution in [0.3, 0.4) is 0 Å². The molecule has 1 aliphatic rings. The van der Waals surface area contributed by atoms with Gasteiger partial charge in [-0.3, -0.25) is 0 Å². The first kappa shape index (κ1) is 21.3. The topological polar surface area (TPSA) is 69.7 Å². The van der Waals surface area contributed by atoms with Crippen molar-refractivity contribution in [3.8, 4) is 0 Å². The lowest BCUT2D eigenvalue weighted by molar-refractivity contribution is 0.194. The summed E-state index contributed by atoms with van der Waals surface area (Å²) in [6.45, 7) is 3.50. The maximum atomic E-state index is 12.7. The second-order valence-corrected chi connectivity index (χ2v) is 9.40. The number of urea groups is 1. The number of carbonyl (C=O) groups is 1. The van der Waals surface area contributed by atoms with Gasteiger partial charge in [-0.1, -0.05) is 48.9 Å². The Morgan fingerprint density at radius 2 is 1.66 bits per heavy atom. The van der Waals surface area contributed by atoms with Crippen molar-refractivity contribution in [1.29, 1.82) is 0 Å². The van der Waals surface area contributed by atoms with Gasteiger partial charge in [0.05, 0.1) is 10.9 Å². The molecule has 2 aromatic rings. The largest absolute Gasteiger partial charge is 0.334 e. The monoisotopic (exact) mass is 415 g/mol. The summed E-state index contributed by atoms with van der Waals surface area (Å²) in [5.74, 6) is 0. The lowest BCUT2D eigenvalue weighted by Crippen LogP contribution is -2.38. The maximum absolute atomic E-state index is 12.7. The molecule has 0 radical (unpaired) electrons. The Kier molecular flexibility index (Phi) is 6.92. The van der Waals surface area contributed by atoms with E-state index in [9.17, 15) is 13.2 Å². The zero-order valence-corrected chi connectivity index (χ0v) is 17.9. The summed E-state index contributed by atoms with van der Waals surface area (Å²) in [5, 5.41) is 2.90. The molecule has 0 spiro atoms. The Morgan fingerprint density at radius 3 is 2.28 bits per heavy atom. The third-order valence-electron chi connectivity index (χ3n) is 5.50. The minimum absolute atomic E-state index is 0.0479. The van der Waals surface area contributed by atoms with Crippen LogP contribution in [0.15, 0.2) is 59.5 Å². The number of rotatable bonds is 6. The third-order valence-corrected chi connectivity index (χ3v) is 7.42. The van der Waals surface area contributed by atoms with Gasteiger partial charge >= 0.3 is 6.03 Å². The molecule has 1 atom stereocenters. The normalized spacial score (nSPS) is 16.2. The van der Waals surface area contributed by atoms with Crippen molar-refractivity contribution in [2.45, 2.75) is 43.7 Å². The highest BCUT2D eigenvalue weighted by Gasteiger charge is 2.25. The summed E-state index contributed by atoms with van der Waals surface area (Å²) < 4.78 is 27.0. The molecule has 1 N–H and O–H groups in total. The van der Waals surface area contributed by atoms with Crippen molar-refractivity contribution in [3.05, 3.63) is 65.7 Å².